The summed E-state index contributed by atoms with van der Waals surface area (Å²) < 4.78 is 8.68. The Kier molecular flexibility index (Phi) is 5.06. The van der Waals surface area contributed by atoms with Crippen molar-refractivity contribution in [3.8, 4) is 5.69 Å². The molecule has 2 aromatic carbocycles. The number of hydrogen-bond donors (Lipinski definition) is 0. The molecule has 2 aromatic heterocycles. The average Bonchev–Trinajstić information content (AvgIpc) is 3.51. The van der Waals surface area contributed by atoms with Gasteiger partial charge in [0.1, 0.15) is 0 Å². The Hall–Kier alpha value is -3.03. The highest BCUT2D eigenvalue weighted by atomic mass is 32.1. The lowest BCUT2D eigenvalue weighted by atomic mass is 10.2. The van der Waals surface area contributed by atoms with Crippen LogP contribution in [0.2, 0.25) is 0 Å². The first-order chi connectivity index (χ1) is 14.7. The Morgan fingerprint density at radius 1 is 1.20 bits per heavy atom. The van der Waals surface area contributed by atoms with E-state index in [1.807, 2.05) is 67.6 Å². The number of benzene rings is 2. The largest absolute Gasteiger partial charge is 0.376 e. The minimum atomic E-state index is -0.151. The van der Waals surface area contributed by atoms with Gasteiger partial charge in [0.25, 0.3) is 5.91 Å². The molecule has 4 aromatic rings. The highest BCUT2D eigenvalue weighted by Gasteiger charge is 2.28. The summed E-state index contributed by atoms with van der Waals surface area (Å²) in [6.07, 6.45) is 2.00. The summed E-state index contributed by atoms with van der Waals surface area (Å²) in [5, 5.41) is 5.30. The molecule has 1 unspecified atom stereocenters. The number of carbonyl (C=O) groups is 1. The number of aryl methyl sites for hydroxylation is 1. The number of amides is 1. The molecule has 6 nitrogen and oxygen atoms in total. The van der Waals surface area contributed by atoms with Gasteiger partial charge in [-0.2, -0.15) is 5.10 Å². The summed E-state index contributed by atoms with van der Waals surface area (Å²) in [7, 11) is 0. The zero-order valence-corrected chi connectivity index (χ0v) is 17.5. The molecule has 152 valence electrons. The lowest BCUT2D eigenvalue weighted by molar-refractivity contribution is 0.0913. The molecule has 1 fully saturated rings. The number of rotatable bonds is 5. The van der Waals surface area contributed by atoms with Gasteiger partial charge >= 0.3 is 0 Å². The Bertz CT molecular complexity index is 1150. The average molecular weight is 419 g/mol. The van der Waals surface area contributed by atoms with E-state index in [0.29, 0.717) is 17.4 Å². The van der Waals surface area contributed by atoms with Crippen LogP contribution in [0.5, 0.6) is 0 Å². The molecule has 5 rings (SSSR count). The standard InChI is InChI=1S/C23H22N4O2S/c1-16-14-20(25-27(16)17-8-3-2-4-9-17)22(28)26(15-18-10-7-13-29-18)23-24-19-11-5-6-12-21(19)30-23/h2-6,8-9,11-12,14,18H,7,10,13,15H2,1H3. The molecule has 0 aliphatic carbocycles. The van der Waals surface area contributed by atoms with E-state index in [2.05, 4.69) is 5.10 Å². The Balaban J connectivity index is 1.51. The minimum Gasteiger partial charge on any atom is -0.376 e. The van der Waals surface area contributed by atoms with Crippen molar-refractivity contribution in [2.24, 2.45) is 0 Å². The number of carbonyl (C=O) groups excluding carboxylic acids is 1. The van der Waals surface area contributed by atoms with Crippen LogP contribution < -0.4 is 4.90 Å². The van der Waals surface area contributed by atoms with Crippen molar-refractivity contribution in [3.05, 3.63) is 72.1 Å². The van der Waals surface area contributed by atoms with Gasteiger partial charge in [0, 0.05) is 12.3 Å². The fourth-order valence-electron chi connectivity index (χ4n) is 3.76. The number of ether oxygens (including phenoxy) is 1. The summed E-state index contributed by atoms with van der Waals surface area (Å²) in [5.74, 6) is -0.151. The van der Waals surface area contributed by atoms with Crippen LogP contribution in [0, 0.1) is 6.92 Å². The van der Waals surface area contributed by atoms with Crippen LogP contribution in [0.3, 0.4) is 0 Å². The summed E-state index contributed by atoms with van der Waals surface area (Å²) in [6.45, 7) is 3.18. The van der Waals surface area contributed by atoms with Gasteiger partial charge in [0.2, 0.25) is 0 Å². The fourth-order valence-corrected chi connectivity index (χ4v) is 4.74. The number of anilines is 1. The van der Waals surface area contributed by atoms with Crippen LogP contribution in [-0.4, -0.2) is 39.9 Å². The number of thiazole rings is 1. The first-order valence-corrected chi connectivity index (χ1v) is 10.9. The molecular formula is C23H22N4O2S. The summed E-state index contributed by atoms with van der Waals surface area (Å²) in [5.41, 5.74) is 3.15. The second-order valence-electron chi connectivity index (χ2n) is 7.43. The van der Waals surface area contributed by atoms with Crippen LogP contribution >= 0.6 is 11.3 Å². The third kappa shape index (κ3) is 3.62. The number of para-hydroxylation sites is 2. The molecule has 0 spiro atoms. The molecule has 3 heterocycles. The van der Waals surface area contributed by atoms with Crippen LogP contribution in [-0.2, 0) is 4.74 Å². The molecule has 0 N–H and O–H groups in total. The first kappa shape index (κ1) is 19.0. The topological polar surface area (TPSA) is 60.3 Å². The molecule has 1 amide bonds. The van der Waals surface area contributed by atoms with Crippen molar-refractivity contribution in [2.45, 2.75) is 25.9 Å². The fraction of sp³-hybridized carbons (Fsp3) is 0.261. The van der Waals surface area contributed by atoms with Gasteiger partial charge in [0.05, 0.1) is 28.6 Å². The van der Waals surface area contributed by atoms with Crippen molar-refractivity contribution in [2.75, 3.05) is 18.1 Å². The van der Waals surface area contributed by atoms with Crippen LogP contribution in [0.15, 0.2) is 60.7 Å². The third-order valence-electron chi connectivity index (χ3n) is 5.28. The molecule has 1 aliphatic rings. The molecule has 1 atom stereocenters. The highest BCUT2D eigenvalue weighted by Crippen LogP contribution is 2.31. The molecule has 1 aliphatic heterocycles. The Labute approximate surface area is 178 Å². The zero-order chi connectivity index (χ0) is 20.5. The van der Waals surface area contributed by atoms with Gasteiger partial charge in [-0.1, -0.05) is 41.7 Å². The minimum absolute atomic E-state index is 0.0262. The molecule has 0 bridgehead atoms. The second kappa shape index (κ2) is 8.01. The summed E-state index contributed by atoms with van der Waals surface area (Å²) in [4.78, 5) is 20.0. The van der Waals surface area contributed by atoms with Crippen molar-refractivity contribution < 1.29 is 9.53 Å². The third-order valence-corrected chi connectivity index (χ3v) is 6.34. The number of fused-ring (bicyclic) bond motifs is 1. The van der Waals surface area contributed by atoms with Crippen LogP contribution in [0.4, 0.5) is 5.13 Å². The SMILES string of the molecule is Cc1cc(C(=O)N(CC2CCCO2)c2nc3ccccc3s2)nn1-c1ccccc1. The maximum atomic E-state index is 13.6. The van der Waals surface area contributed by atoms with E-state index in [0.717, 1.165) is 41.0 Å². The van der Waals surface area contributed by atoms with Crippen LogP contribution in [0.1, 0.15) is 29.0 Å². The van der Waals surface area contributed by atoms with Gasteiger partial charge in [-0.15, -0.1) is 0 Å². The quantitative estimate of drug-likeness (QED) is 0.475. The lowest BCUT2D eigenvalue weighted by Gasteiger charge is -2.22. The van der Waals surface area contributed by atoms with E-state index in [4.69, 9.17) is 9.72 Å². The van der Waals surface area contributed by atoms with Crippen molar-refractivity contribution in [1.29, 1.82) is 0 Å². The van der Waals surface area contributed by atoms with Crippen molar-refractivity contribution in [3.63, 3.8) is 0 Å². The molecular weight excluding hydrogens is 396 g/mol. The molecule has 0 saturated carbocycles. The number of hydrogen-bond acceptors (Lipinski definition) is 5. The predicted octanol–water partition coefficient (Wildman–Crippen LogP) is 4.62. The molecule has 7 heteroatoms. The van der Waals surface area contributed by atoms with E-state index in [1.54, 1.807) is 9.58 Å². The normalized spacial score (nSPS) is 16.2. The lowest BCUT2D eigenvalue weighted by Crippen LogP contribution is -2.37. The van der Waals surface area contributed by atoms with Gasteiger partial charge < -0.3 is 4.74 Å². The first-order valence-electron chi connectivity index (χ1n) is 10.1. The van der Waals surface area contributed by atoms with E-state index in [-0.39, 0.29) is 12.0 Å². The van der Waals surface area contributed by atoms with Crippen LogP contribution in [0.25, 0.3) is 15.9 Å². The van der Waals surface area contributed by atoms with Crippen molar-refractivity contribution in [1.82, 2.24) is 14.8 Å². The smallest absolute Gasteiger partial charge is 0.280 e. The van der Waals surface area contributed by atoms with Crippen molar-refractivity contribution >= 4 is 32.6 Å². The number of nitrogens with zero attached hydrogens (tertiary/aromatic N) is 4. The van der Waals surface area contributed by atoms with E-state index >= 15 is 0 Å². The predicted molar refractivity (Wildman–Crippen MR) is 119 cm³/mol. The van der Waals surface area contributed by atoms with Gasteiger partial charge in [-0.05, 0) is 50.1 Å². The summed E-state index contributed by atoms with van der Waals surface area (Å²) in [6, 6.07) is 19.6. The van der Waals surface area contributed by atoms with Gasteiger partial charge in [-0.25, -0.2) is 9.67 Å². The van der Waals surface area contributed by atoms with E-state index in [9.17, 15) is 4.79 Å². The van der Waals surface area contributed by atoms with Gasteiger partial charge in [-0.3, -0.25) is 9.69 Å². The number of aromatic nitrogens is 3. The van der Waals surface area contributed by atoms with E-state index in [1.165, 1.54) is 11.3 Å². The molecule has 1 saturated heterocycles. The maximum absolute atomic E-state index is 13.6. The zero-order valence-electron chi connectivity index (χ0n) is 16.7. The second-order valence-corrected chi connectivity index (χ2v) is 8.44. The Morgan fingerprint density at radius 3 is 2.77 bits per heavy atom. The van der Waals surface area contributed by atoms with Gasteiger partial charge in [0.15, 0.2) is 10.8 Å². The highest BCUT2D eigenvalue weighted by molar-refractivity contribution is 7.22. The molecule has 30 heavy (non-hydrogen) atoms. The Morgan fingerprint density at radius 2 is 2.00 bits per heavy atom. The molecule has 0 radical (unpaired) electrons. The van der Waals surface area contributed by atoms with E-state index < -0.39 is 0 Å². The monoisotopic (exact) mass is 418 g/mol. The summed E-state index contributed by atoms with van der Waals surface area (Å²) >= 11 is 1.52. The maximum Gasteiger partial charge on any atom is 0.280 e.